The van der Waals surface area contributed by atoms with Gasteiger partial charge in [-0.2, -0.15) is 0 Å². The molecule has 1 saturated heterocycles. The lowest BCUT2D eigenvalue weighted by atomic mass is 10.2. The fourth-order valence-corrected chi connectivity index (χ4v) is 3.98. The molecular formula is C19H24N4O4S. The molecule has 150 valence electrons. The normalized spacial score (nSPS) is 16.0. The van der Waals surface area contributed by atoms with Gasteiger partial charge in [-0.05, 0) is 50.6 Å². The Labute approximate surface area is 167 Å². The number of H-pyrrole nitrogens is 1. The number of aromatic nitrogens is 2. The van der Waals surface area contributed by atoms with E-state index in [1.807, 2.05) is 0 Å². The molecule has 1 fully saturated rings. The number of nitrogens with one attached hydrogen (secondary N) is 2. The Morgan fingerprint density at radius 2 is 1.93 bits per heavy atom. The Kier molecular flexibility index (Phi) is 5.63. The Balaban J connectivity index is 1.35. The molecule has 0 saturated carbocycles. The van der Waals surface area contributed by atoms with Crippen molar-refractivity contribution in [3.05, 3.63) is 27.3 Å². The first-order valence-electron chi connectivity index (χ1n) is 9.67. The Morgan fingerprint density at radius 1 is 1.18 bits per heavy atom. The first-order valence-corrected chi connectivity index (χ1v) is 10.1. The van der Waals surface area contributed by atoms with Gasteiger partial charge in [0.15, 0.2) is 16.3 Å². The van der Waals surface area contributed by atoms with E-state index in [-0.39, 0.29) is 18.3 Å². The molecule has 0 unspecified atom stereocenters. The van der Waals surface area contributed by atoms with Gasteiger partial charge in [-0.25, -0.2) is 0 Å². The molecule has 2 aliphatic heterocycles. The molecule has 0 radical (unpaired) electrons. The fourth-order valence-electron chi connectivity index (χ4n) is 3.69. The zero-order chi connectivity index (χ0) is 19.5. The van der Waals surface area contributed by atoms with Crippen LogP contribution >= 0.6 is 12.2 Å². The van der Waals surface area contributed by atoms with E-state index >= 15 is 0 Å². The highest BCUT2D eigenvalue weighted by Gasteiger charge is 2.17. The lowest BCUT2D eigenvalue weighted by molar-refractivity contribution is -0.121. The molecule has 0 atom stereocenters. The van der Waals surface area contributed by atoms with Crippen molar-refractivity contribution in [1.82, 2.24) is 19.8 Å². The van der Waals surface area contributed by atoms with Crippen LogP contribution in [0.5, 0.6) is 11.5 Å². The second-order valence-electron chi connectivity index (χ2n) is 7.14. The van der Waals surface area contributed by atoms with Gasteiger partial charge < -0.3 is 24.7 Å². The second-order valence-corrected chi connectivity index (χ2v) is 7.53. The van der Waals surface area contributed by atoms with Gasteiger partial charge in [-0.15, -0.1) is 0 Å². The maximum absolute atomic E-state index is 12.8. The average molecular weight is 404 g/mol. The molecule has 2 aromatic rings. The van der Waals surface area contributed by atoms with Crippen LogP contribution < -0.4 is 20.3 Å². The summed E-state index contributed by atoms with van der Waals surface area (Å²) in [5, 5.41) is 3.44. The van der Waals surface area contributed by atoms with Gasteiger partial charge in [0.2, 0.25) is 12.7 Å². The van der Waals surface area contributed by atoms with Crippen LogP contribution in [-0.2, 0) is 11.3 Å². The predicted molar refractivity (Wildman–Crippen MR) is 107 cm³/mol. The minimum atomic E-state index is -0.188. The van der Waals surface area contributed by atoms with E-state index in [9.17, 15) is 9.59 Å². The largest absolute Gasteiger partial charge is 0.454 e. The summed E-state index contributed by atoms with van der Waals surface area (Å²) in [6.45, 7) is 4.35. The SMILES string of the molecule is O=C(CCCn1c(=S)[nH]c2cc3c(cc2c1=O)OCO3)NCCN1CCCC1. The number of benzene rings is 1. The van der Waals surface area contributed by atoms with E-state index in [2.05, 4.69) is 15.2 Å². The number of rotatable bonds is 7. The Morgan fingerprint density at radius 3 is 2.71 bits per heavy atom. The predicted octanol–water partition coefficient (Wildman–Crippen LogP) is 1.78. The molecule has 9 heteroatoms. The van der Waals surface area contributed by atoms with Crippen LogP contribution in [0.2, 0.25) is 0 Å². The number of likely N-dealkylation sites (tertiary alicyclic amines) is 1. The fraction of sp³-hybridized carbons (Fsp3) is 0.526. The summed E-state index contributed by atoms with van der Waals surface area (Å²) in [5.41, 5.74) is 0.432. The van der Waals surface area contributed by atoms with Crippen molar-refractivity contribution < 1.29 is 14.3 Å². The number of aromatic amines is 1. The van der Waals surface area contributed by atoms with Crippen molar-refractivity contribution in [3.63, 3.8) is 0 Å². The van der Waals surface area contributed by atoms with Gasteiger partial charge in [0.05, 0.1) is 10.9 Å². The number of carbonyl (C=O) groups excluding carboxylic acids is 1. The van der Waals surface area contributed by atoms with E-state index in [4.69, 9.17) is 21.7 Å². The molecule has 2 N–H and O–H groups in total. The van der Waals surface area contributed by atoms with E-state index in [0.717, 1.165) is 19.6 Å². The molecular weight excluding hydrogens is 380 g/mol. The number of amides is 1. The molecule has 28 heavy (non-hydrogen) atoms. The van der Waals surface area contributed by atoms with Crippen molar-refractivity contribution in [2.24, 2.45) is 0 Å². The van der Waals surface area contributed by atoms with E-state index in [1.54, 1.807) is 12.1 Å². The van der Waals surface area contributed by atoms with E-state index < -0.39 is 0 Å². The molecule has 0 bridgehead atoms. The van der Waals surface area contributed by atoms with Gasteiger partial charge in [0.1, 0.15) is 0 Å². The Bertz CT molecular complexity index is 994. The summed E-state index contributed by atoms with van der Waals surface area (Å²) in [4.78, 5) is 30.3. The van der Waals surface area contributed by atoms with Crippen molar-refractivity contribution in [2.75, 3.05) is 33.0 Å². The van der Waals surface area contributed by atoms with Crippen LogP contribution in [0.25, 0.3) is 10.9 Å². The monoisotopic (exact) mass is 404 g/mol. The zero-order valence-corrected chi connectivity index (χ0v) is 16.5. The van der Waals surface area contributed by atoms with Gasteiger partial charge in [0.25, 0.3) is 5.56 Å². The molecule has 2 aliphatic rings. The Hall–Kier alpha value is -2.39. The van der Waals surface area contributed by atoms with Gasteiger partial charge in [-0.3, -0.25) is 14.2 Å². The van der Waals surface area contributed by atoms with Crippen molar-refractivity contribution in [2.45, 2.75) is 32.2 Å². The molecule has 1 aromatic carbocycles. The van der Waals surface area contributed by atoms with Crippen LogP contribution in [0.3, 0.4) is 0 Å². The first kappa shape index (κ1) is 18.9. The quantitative estimate of drug-likeness (QED) is 0.684. The number of carbonyl (C=O) groups is 1. The zero-order valence-electron chi connectivity index (χ0n) is 15.7. The number of ether oxygens (including phenoxy) is 2. The summed E-state index contributed by atoms with van der Waals surface area (Å²) >= 11 is 5.33. The van der Waals surface area contributed by atoms with Crippen molar-refractivity contribution in [1.29, 1.82) is 0 Å². The summed E-state index contributed by atoms with van der Waals surface area (Å²) in [6, 6.07) is 3.40. The summed E-state index contributed by atoms with van der Waals surface area (Å²) in [6.07, 6.45) is 3.40. The molecule has 3 heterocycles. The van der Waals surface area contributed by atoms with E-state index in [1.165, 1.54) is 17.4 Å². The summed E-state index contributed by atoms with van der Waals surface area (Å²) in [7, 11) is 0. The smallest absolute Gasteiger partial charge is 0.262 e. The van der Waals surface area contributed by atoms with Crippen molar-refractivity contribution in [3.8, 4) is 11.5 Å². The number of fused-ring (bicyclic) bond motifs is 2. The summed E-state index contributed by atoms with van der Waals surface area (Å²) in [5.74, 6) is 1.16. The van der Waals surface area contributed by atoms with Crippen molar-refractivity contribution >= 4 is 29.0 Å². The lowest BCUT2D eigenvalue weighted by Gasteiger charge is -2.14. The maximum Gasteiger partial charge on any atom is 0.262 e. The third kappa shape index (κ3) is 4.05. The highest BCUT2D eigenvalue weighted by molar-refractivity contribution is 7.71. The van der Waals surface area contributed by atoms with Crippen LogP contribution in [0.15, 0.2) is 16.9 Å². The third-order valence-electron chi connectivity index (χ3n) is 5.21. The maximum atomic E-state index is 12.8. The van der Waals surface area contributed by atoms with Gasteiger partial charge >= 0.3 is 0 Å². The minimum Gasteiger partial charge on any atom is -0.454 e. The molecule has 1 aromatic heterocycles. The van der Waals surface area contributed by atoms with Crippen LogP contribution in [-0.4, -0.2) is 53.3 Å². The third-order valence-corrected chi connectivity index (χ3v) is 5.53. The lowest BCUT2D eigenvalue weighted by Crippen LogP contribution is -2.33. The molecule has 0 aliphatic carbocycles. The second kappa shape index (κ2) is 8.32. The summed E-state index contributed by atoms with van der Waals surface area (Å²) < 4.78 is 12.5. The highest BCUT2D eigenvalue weighted by Crippen LogP contribution is 2.34. The first-order chi connectivity index (χ1) is 13.6. The molecule has 0 spiro atoms. The number of hydrogen-bond acceptors (Lipinski definition) is 6. The van der Waals surface area contributed by atoms with Crippen LogP contribution in [0.4, 0.5) is 0 Å². The molecule has 1 amide bonds. The minimum absolute atomic E-state index is 0.00583. The van der Waals surface area contributed by atoms with Gasteiger partial charge in [0, 0.05) is 32.1 Å². The number of hydrogen-bond donors (Lipinski definition) is 2. The van der Waals surface area contributed by atoms with Crippen LogP contribution in [0, 0.1) is 4.77 Å². The van der Waals surface area contributed by atoms with Crippen LogP contribution in [0.1, 0.15) is 25.7 Å². The highest BCUT2D eigenvalue weighted by atomic mass is 32.1. The topological polar surface area (TPSA) is 88.6 Å². The standard InChI is InChI=1S/C19H24N4O4S/c24-17(20-5-9-22-6-1-2-7-22)4-3-8-23-18(25)13-10-15-16(27-12-26-15)11-14(13)21-19(23)28/h10-11H,1-9,12H2,(H,20,24)(H,21,28). The number of nitrogens with zero attached hydrogens (tertiary/aromatic N) is 2. The molecule has 8 nitrogen and oxygen atoms in total. The average Bonchev–Trinajstić information content (AvgIpc) is 3.34. The molecule has 4 rings (SSSR count). The van der Waals surface area contributed by atoms with Gasteiger partial charge in [-0.1, -0.05) is 0 Å². The van der Waals surface area contributed by atoms with E-state index in [0.29, 0.717) is 53.1 Å².